The molecule has 1 unspecified atom stereocenters. The second-order valence-electron chi connectivity index (χ2n) is 6.97. The lowest BCUT2D eigenvalue weighted by Crippen LogP contribution is -2.55. The molecule has 0 bridgehead atoms. The molecule has 1 aliphatic heterocycles. The van der Waals surface area contributed by atoms with Crippen molar-refractivity contribution in [1.82, 2.24) is 9.80 Å². The van der Waals surface area contributed by atoms with E-state index in [1.807, 2.05) is 17.0 Å². The number of ether oxygens (including phenoxy) is 1. The maximum atomic E-state index is 13.0. The number of carbonyl (C=O) groups is 1. The Morgan fingerprint density at radius 2 is 1.78 bits per heavy atom. The summed E-state index contributed by atoms with van der Waals surface area (Å²) in [5.41, 5.74) is 6.80. The number of hydrogen-bond donors (Lipinski definition) is 1. The van der Waals surface area contributed by atoms with Crippen LogP contribution in [-0.4, -0.2) is 55.5 Å². The fraction of sp³-hybridized carbons (Fsp3) is 0.650. The number of amides is 1. The summed E-state index contributed by atoms with van der Waals surface area (Å²) < 4.78 is 5.33. The highest BCUT2D eigenvalue weighted by Gasteiger charge is 2.38. The van der Waals surface area contributed by atoms with E-state index in [0.717, 1.165) is 44.8 Å². The van der Waals surface area contributed by atoms with Gasteiger partial charge in [-0.1, -0.05) is 26.0 Å². The van der Waals surface area contributed by atoms with Crippen LogP contribution in [0.2, 0.25) is 0 Å². The first-order valence-electron chi connectivity index (χ1n) is 9.38. The zero-order valence-electron chi connectivity index (χ0n) is 16.9. The van der Waals surface area contributed by atoms with E-state index in [9.17, 15) is 4.79 Å². The maximum absolute atomic E-state index is 13.0. The fourth-order valence-corrected chi connectivity index (χ4v) is 3.69. The van der Waals surface area contributed by atoms with Crippen LogP contribution in [0.1, 0.15) is 45.2 Å². The molecule has 1 aromatic rings. The summed E-state index contributed by atoms with van der Waals surface area (Å²) in [6.45, 7) is 10.1. The highest BCUT2D eigenvalue weighted by atomic mass is 35.5. The van der Waals surface area contributed by atoms with Crippen molar-refractivity contribution >= 4 is 30.7 Å². The van der Waals surface area contributed by atoms with Crippen molar-refractivity contribution in [2.75, 3.05) is 39.8 Å². The van der Waals surface area contributed by atoms with Gasteiger partial charge >= 0.3 is 0 Å². The maximum Gasteiger partial charge on any atom is 0.230 e. The van der Waals surface area contributed by atoms with E-state index in [1.165, 1.54) is 5.56 Å². The van der Waals surface area contributed by atoms with E-state index in [4.69, 9.17) is 10.5 Å². The molecule has 0 radical (unpaired) electrons. The van der Waals surface area contributed by atoms with Gasteiger partial charge in [-0.2, -0.15) is 0 Å². The summed E-state index contributed by atoms with van der Waals surface area (Å²) in [6, 6.07) is 8.54. The van der Waals surface area contributed by atoms with Crippen LogP contribution in [0.5, 0.6) is 5.75 Å². The van der Waals surface area contributed by atoms with E-state index in [0.29, 0.717) is 12.6 Å². The van der Waals surface area contributed by atoms with E-state index in [-0.39, 0.29) is 36.1 Å². The normalized spacial score (nSPS) is 16.1. The monoisotopic (exact) mass is 419 g/mol. The SMILES string of the molecule is CCC(CC)(CN)C(=O)N1CCN(C(C)c2cccc(OC)c2)CC1.Cl.Cl. The number of rotatable bonds is 7. The van der Waals surface area contributed by atoms with Gasteiger partial charge in [0.25, 0.3) is 0 Å². The van der Waals surface area contributed by atoms with E-state index >= 15 is 0 Å². The molecular weight excluding hydrogens is 385 g/mol. The highest BCUT2D eigenvalue weighted by Crippen LogP contribution is 2.30. The molecule has 1 aliphatic rings. The van der Waals surface area contributed by atoms with Crippen LogP contribution in [0.25, 0.3) is 0 Å². The molecule has 1 amide bonds. The Morgan fingerprint density at radius 1 is 1.19 bits per heavy atom. The van der Waals surface area contributed by atoms with Gasteiger partial charge in [0.15, 0.2) is 0 Å². The highest BCUT2D eigenvalue weighted by molar-refractivity contribution is 5.85. The summed E-state index contributed by atoms with van der Waals surface area (Å²) in [6.07, 6.45) is 1.61. The van der Waals surface area contributed by atoms with Crippen molar-refractivity contribution in [3.05, 3.63) is 29.8 Å². The Bertz CT molecular complexity index is 566. The molecule has 5 nitrogen and oxygen atoms in total. The van der Waals surface area contributed by atoms with Gasteiger partial charge in [0.1, 0.15) is 5.75 Å². The van der Waals surface area contributed by atoms with Gasteiger partial charge < -0.3 is 15.4 Å². The Morgan fingerprint density at radius 3 is 2.26 bits per heavy atom. The lowest BCUT2D eigenvalue weighted by atomic mass is 9.80. The molecule has 2 N–H and O–H groups in total. The fourth-order valence-electron chi connectivity index (χ4n) is 3.69. The molecule has 2 rings (SSSR count). The van der Waals surface area contributed by atoms with Crippen LogP contribution in [0.3, 0.4) is 0 Å². The molecule has 27 heavy (non-hydrogen) atoms. The predicted molar refractivity (Wildman–Crippen MR) is 116 cm³/mol. The van der Waals surface area contributed by atoms with Crippen LogP contribution in [0, 0.1) is 5.41 Å². The van der Waals surface area contributed by atoms with E-state index < -0.39 is 0 Å². The summed E-state index contributed by atoms with van der Waals surface area (Å²) >= 11 is 0. The average molecular weight is 420 g/mol. The predicted octanol–water partition coefficient (Wildman–Crippen LogP) is 3.51. The zero-order chi connectivity index (χ0) is 18.4. The Balaban J connectivity index is 0.00000338. The Hall–Kier alpha value is -1.01. The van der Waals surface area contributed by atoms with E-state index in [1.54, 1.807) is 7.11 Å². The summed E-state index contributed by atoms with van der Waals surface area (Å²) in [4.78, 5) is 17.4. The van der Waals surface area contributed by atoms with E-state index in [2.05, 4.69) is 37.8 Å². The molecule has 1 saturated heterocycles. The molecule has 0 spiro atoms. The van der Waals surface area contributed by atoms with Crippen LogP contribution in [0.15, 0.2) is 24.3 Å². The van der Waals surface area contributed by atoms with Crippen molar-refractivity contribution < 1.29 is 9.53 Å². The van der Waals surface area contributed by atoms with Crippen molar-refractivity contribution in [1.29, 1.82) is 0 Å². The number of carbonyl (C=O) groups excluding carboxylic acids is 1. The van der Waals surface area contributed by atoms with Gasteiger partial charge in [-0.25, -0.2) is 0 Å². The number of nitrogens with two attached hydrogens (primary N) is 1. The van der Waals surface area contributed by atoms with Crippen molar-refractivity contribution in [3.63, 3.8) is 0 Å². The number of benzene rings is 1. The smallest absolute Gasteiger partial charge is 0.230 e. The van der Waals surface area contributed by atoms with Crippen molar-refractivity contribution in [2.45, 2.75) is 39.7 Å². The number of methoxy groups -OCH3 is 1. The lowest BCUT2D eigenvalue weighted by molar-refractivity contribution is -0.144. The van der Waals surface area contributed by atoms with Crippen LogP contribution < -0.4 is 10.5 Å². The largest absolute Gasteiger partial charge is 0.497 e. The number of nitrogens with zero attached hydrogens (tertiary/aromatic N) is 2. The standard InChI is InChI=1S/C20H33N3O2.2ClH/c1-5-20(6-2,15-21)19(24)23-12-10-22(11-13-23)16(3)17-8-7-9-18(14-17)25-4;;/h7-9,14,16H,5-6,10-13,15,21H2,1-4H3;2*1H. The first-order chi connectivity index (χ1) is 12.0. The second kappa shape index (κ2) is 11.7. The third-order valence-electron chi connectivity index (χ3n) is 5.92. The minimum absolute atomic E-state index is 0. The quantitative estimate of drug-likeness (QED) is 0.734. The topological polar surface area (TPSA) is 58.8 Å². The Kier molecular flexibility index (Phi) is 11.3. The van der Waals surface area contributed by atoms with Gasteiger partial charge in [0, 0.05) is 38.8 Å². The summed E-state index contributed by atoms with van der Waals surface area (Å²) in [5, 5.41) is 0. The van der Waals surface area contributed by atoms with Crippen LogP contribution in [0.4, 0.5) is 0 Å². The van der Waals surface area contributed by atoms with Gasteiger partial charge in [-0.3, -0.25) is 9.69 Å². The van der Waals surface area contributed by atoms with Crippen molar-refractivity contribution in [3.8, 4) is 5.75 Å². The molecule has 0 aromatic heterocycles. The molecular formula is C20H35Cl2N3O2. The molecule has 156 valence electrons. The first-order valence-corrected chi connectivity index (χ1v) is 9.38. The second-order valence-corrected chi connectivity index (χ2v) is 6.97. The molecule has 7 heteroatoms. The number of hydrogen-bond acceptors (Lipinski definition) is 4. The minimum atomic E-state index is -0.388. The van der Waals surface area contributed by atoms with Crippen LogP contribution >= 0.6 is 24.8 Å². The number of piperazine rings is 1. The molecule has 1 fully saturated rings. The van der Waals surface area contributed by atoms with Gasteiger partial charge in [-0.05, 0) is 37.5 Å². The van der Waals surface area contributed by atoms with Gasteiger partial charge in [0.2, 0.25) is 5.91 Å². The lowest BCUT2D eigenvalue weighted by Gasteiger charge is -2.42. The summed E-state index contributed by atoms with van der Waals surface area (Å²) in [7, 11) is 1.69. The van der Waals surface area contributed by atoms with Gasteiger partial charge in [0.05, 0.1) is 12.5 Å². The molecule has 0 aliphatic carbocycles. The minimum Gasteiger partial charge on any atom is -0.497 e. The van der Waals surface area contributed by atoms with Gasteiger partial charge in [-0.15, -0.1) is 24.8 Å². The third-order valence-corrected chi connectivity index (χ3v) is 5.92. The average Bonchev–Trinajstić information content (AvgIpc) is 2.69. The molecule has 1 heterocycles. The summed E-state index contributed by atoms with van der Waals surface area (Å²) in [5.74, 6) is 1.12. The van der Waals surface area contributed by atoms with Crippen LogP contribution in [-0.2, 0) is 4.79 Å². The molecule has 0 saturated carbocycles. The first kappa shape index (κ1) is 26.0. The zero-order valence-corrected chi connectivity index (χ0v) is 18.6. The Labute approximate surface area is 176 Å². The molecule has 1 atom stereocenters. The number of halogens is 2. The third kappa shape index (κ3) is 5.74. The molecule has 1 aromatic carbocycles. The van der Waals surface area contributed by atoms with Crippen molar-refractivity contribution in [2.24, 2.45) is 11.1 Å².